The minimum atomic E-state index is -5.02. The molecule has 0 spiro atoms. The summed E-state index contributed by atoms with van der Waals surface area (Å²) in [5.74, 6) is -3.05. The molecule has 1 aromatic heterocycles. The predicted molar refractivity (Wildman–Crippen MR) is 59.5 cm³/mol. The van der Waals surface area contributed by atoms with Crippen LogP contribution in [-0.4, -0.2) is 27.7 Å². The van der Waals surface area contributed by atoms with Gasteiger partial charge in [0.25, 0.3) is 0 Å². The van der Waals surface area contributed by atoms with E-state index in [4.69, 9.17) is 0 Å². The minimum absolute atomic E-state index is 0.178. The number of benzene rings is 1. The molecular weight excluding hydrogens is 261 g/mol. The van der Waals surface area contributed by atoms with Crippen molar-refractivity contribution in [2.24, 2.45) is 0 Å². The van der Waals surface area contributed by atoms with Crippen LogP contribution in [0.1, 0.15) is 16.9 Å². The molecule has 2 aromatic rings. The van der Waals surface area contributed by atoms with Crippen LogP contribution < -0.4 is 0 Å². The Labute approximate surface area is 105 Å². The first-order valence-electron chi connectivity index (χ1n) is 5.22. The van der Waals surface area contributed by atoms with Crippen LogP contribution >= 0.6 is 0 Å². The van der Waals surface area contributed by atoms with Gasteiger partial charge in [-0.25, -0.2) is 9.97 Å². The smallest absolute Gasteiger partial charge is 0.292 e. The lowest BCUT2D eigenvalue weighted by atomic mass is 10.1. The number of rotatable bonds is 3. The van der Waals surface area contributed by atoms with Gasteiger partial charge < -0.3 is 0 Å². The number of hydrogen-bond acceptors (Lipinski definition) is 4. The van der Waals surface area contributed by atoms with Gasteiger partial charge in [0, 0.05) is 5.39 Å². The SMILES string of the molecule is O=C(CC(=O)C(F)(F)F)c1ncnc2ccccc12. The van der Waals surface area contributed by atoms with Gasteiger partial charge in [-0.1, -0.05) is 18.2 Å². The Bertz CT molecular complexity index is 647. The lowest BCUT2D eigenvalue weighted by molar-refractivity contribution is -0.170. The summed E-state index contributed by atoms with van der Waals surface area (Å²) in [5.41, 5.74) is 0.253. The Balaban J connectivity index is 2.35. The van der Waals surface area contributed by atoms with Crippen molar-refractivity contribution in [2.45, 2.75) is 12.6 Å². The lowest BCUT2D eigenvalue weighted by Crippen LogP contribution is -2.25. The number of Topliss-reactive ketones (excluding diaryl/α,β-unsaturated/α-hetero) is 2. The number of carbonyl (C=O) groups excluding carboxylic acids is 2. The molecule has 0 unspecified atom stereocenters. The summed E-state index contributed by atoms with van der Waals surface area (Å²) < 4.78 is 36.3. The third-order valence-electron chi connectivity index (χ3n) is 2.44. The van der Waals surface area contributed by atoms with Crippen molar-refractivity contribution in [1.82, 2.24) is 9.97 Å². The van der Waals surface area contributed by atoms with Crippen LogP contribution in [0.2, 0.25) is 0 Å². The molecule has 0 saturated heterocycles. The number of alkyl halides is 3. The number of ketones is 2. The Morgan fingerprint density at radius 1 is 1.11 bits per heavy atom. The van der Waals surface area contributed by atoms with Gasteiger partial charge in [0.05, 0.1) is 11.9 Å². The normalized spacial score (nSPS) is 11.5. The van der Waals surface area contributed by atoms with E-state index < -0.39 is 24.2 Å². The molecule has 2 rings (SSSR count). The zero-order valence-electron chi connectivity index (χ0n) is 9.44. The van der Waals surface area contributed by atoms with Gasteiger partial charge in [-0.2, -0.15) is 13.2 Å². The predicted octanol–water partition coefficient (Wildman–Crippen LogP) is 2.33. The quantitative estimate of drug-likeness (QED) is 0.633. The monoisotopic (exact) mass is 268 g/mol. The van der Waals surface area contributed by atoms with E-state index in [1.807, 2.05) is 0 Å². The van der Waals surface area contributed by atoms with Crippen LogP contribution in [0.5, 0.6) is 0 Å². The minimum Gasteiger partial charge on any atom is -0.292 e. The first-order chi connectivity index (χ1) is 8.89. The average Bonchev–Trinajstić information content (AvgIpc) is 2.36. The summed E-state index contributed by atoms with van der Waals surface area (Å²) >= 11 is 0. The highest BCUT2D eigenvalue weighted by molar-refractivity contribution is 6.13. The molecule has 4 nitrogen and oxygen atoms in total. The maximum absolute atomic E-state index is 12.1. The summed E-state index contributed by atoms with van der Waals surface area (Å²) in [6.07, 6.45) is -5.18. The number of nitrogens with zero attached hydrogens (tertiary/aromatic N) is 2. The molecule has 19 heavy (non-hydrogen) atoms. The summed E-state index contributed by atoms with van der Waals surface area (Å²) in [6.45, 7) is 0. The molecule has 0 bridgehead atoms. The van der Waals surface area contributed by atoms with Gasteiger partial charge in [0.1, 0.15) is 12.0 Å². The van der Waals surface area contributed by atoms with E-state index in [1.165, 1.54) is 6.07 Å². The van der Waals surface area contributed by atoms with Crippen molar-refractivity contribution in [3.8, 4) is 0 Å². The second-order valence-electron chi connectivity index (χ2n) is 3.76. The Hall–Kier alpha value is -2.31. The first kappa shape index (κ1) is 13.1. The Morgan fingerprint density at radius 2 is 1.79 bits per heavy atom. The van der Waals surface area contributed by atoms with E-state index in [2.05, 4.69) is 9.97 Å². The van der Waals surface area contributed by atoms with Gasteiger partial charge >= 0.3 is 6.18 Å². The Kier molecular flexibility index (Phi) is 3.28. The first-order valence-corrected chi connectivity index (χ1v) is 5.22. The summed E-state index contributed by atoms with van der Waals surface area (Å²) in [7, 11) is 0. The van der Waals surface area contributed by atoms with Crippen molar-refractivity contribution < 1.29 is 22.8 Å². The fourth-order valence-corrected chi connectivity index (χ4v) is 1.56. The fourth-order valence-electron chi connectivity index (χ4n) is 1.56. The molecule has 0 saturated carbocycles. The highest BCUT2D eigenvalue weighted by Crippen LogP contribution is 2.21. The second-order valence-corrected chi connectivity index (χ2v) is 3.76. The molecule has 7 heteroatoms. The summed E-state index contributed by atoms with van der Waals surface area (Å²) in [5, 5.41) is 0.324. The molecule has 0 fully saturated rings. The molecule has 0 aliphatic carbocycles. The third-order valence-corrected chi connectivity index (χ3v) is 2.44. The number of para-hydroxylation sites is 1. The van der Waals surface area contributed by atoms with Gasteiger partial charge in [0.2, 0.25) is 5.78 Å². The molecular formula is C12H7F3N2O2. The zero-order chi connectivity index (χ0) is 14.0. The second kappa shape index (κ2) is 4.75. The molecule has 0 amide bonds. The summed E-state index contributed by atoms with van der Waals surface area (Å²) in [4.78, 5) is 30.0. The van der Waals surface area contributed by atoms with Crippen molar-refractivity contribution in [1.29, 1.82) is 0 Å². The molecule has 0 radical (unpaired) electrons. The molecule has 0 aliphatic rings. The number of carbonyl (C=O) groups is 2. The van der Waals surface area contributed by atoms with Gasteiger partial charge in [0.15, 0.2) is 5.78 Å². The summed E-state index contributed by atoms with van der Waals surface area (Å²) in [6, 6.07) is 6.39. The van der Waals surface area contributed by atoms with E-state index in [0.717, 1.165) is 6.33 Å². The zero-order valence-corrected chi connectivity index (χ0v) is 9.44. The lowest BCUT2D eigenvalue weighted by Gasteiger charge is -2.05. The van der Waals surface area contributed by atoms with Crippen molar-refractivity contribution in [2.75, 3.05) is 0 Å². The molecule has 0 aliphatic heterocycles. The maximum atomic E-state index is 12.1. The van der Waals surface area contributed by atoms with Crippen LogP contribution in [0.25, 0.3) is 10.9 Å². The van der Waals surface area contributed by atoms with Crippen molar-refractivity contribution in [3.63, 3.8) is 0 Å². The number of fused-ring (bicyclic) bond motifs is 1. The third kappa shape index (κ3) is 2.75. The van der Waals surface area contributed by atoms with E-state index in [-0.39, 0.29) is 5.69 Å². The molecule has 0 N–H and O–H groups in total. The van der Waals surface area contributed by atoms with Crippen LogP contribution in [0.3, 0.4) is 0 Å². The maximum Gasteiger partial charge on any atom is 0.450 e. The van der Waals surface area contributed by atoms with E-state index in [1.54, 1.807) is 18.2 Å². The van der Waals surface area contributed by atoms with Gasteiger partial charge in [-0.05, 0) is 6.07 Å². The van der Waals surface area contributed by atoms with Crippen LogP contribution in [0.15, 0.2) is 30.6 Å². The van der Waals surface area contributed by atoms with Crippen LogP contribution in [0.4, 0.5) is 13.2 Å². The number of hydrogen-bond donors (Lipinski definition) is 0. The van der Waals surface area contributed by atoms with Crippen LogP contribution in [-0.2, 0) is 4.79 Å². The molecule has 1 heterocycles. The van der Waals surface area contributed by atoms with E-state index in [0.29, 0.717) is 10.9 Å². The van der Waals surface area contributed by atoms with E-state index in [9.17, 15) is 22.8 Å². The number of aromatic nitrogens is 2. The standard InChI is InChI=1S/C12H7F3N2O2/c13-12(14,15)10(19)5-9(18)11-7-3-1-2-4-8(7)16-6-17-11/h1-4,6H,5H2. The van der Waals surface area contributed by atoms with Crippen LogP contribution in [0, 0.1) is 0 Å². The largest absolute Gasteiger partial charge is 0.450 e. The average molecular weight is 268 g/mol. The Morgan fingerprint density at radius 3 is 2.47 bits per heavy atom. The highest BCUT2D eigenvalue weighted by atomic mass is 19.4. The van der Waals surface area contributed by atoms with Gasteiger partial charge in [-0.3, -0.25) is 9.59 Å². The topological polar surface area (TPSA) is 59.9 Å². The van der Waals surface area contributed by atoms with Gasteiger partial charge in [-0.15, -0.1) is 0 Å². The van der Waals surface area contributed by atoms with Crippen molar-refractivity contribution >= 4 is 22.5 Å². The highest BCUT2D eigenvalue weighted by Gasteiger charge is 2.39. The molecule has 1 aromatic carbocycles. The van der Waals surface area contributed by atoms with Crippen molar-refractivity contribution in [3.05, 3.63) is 36.3 Å². The fraction of sp³-hybridized carbons (Fsp3) is 0.167. The van der Waals surface area contributed by atoms with E-state index >= 15 is 0 Å². The molecule has 0 atom stereocenters. The molecule has 98 valence electrons. The number of halogens is 3.